The third-order valence-electron chi connectivity index (χ3n) is 7.33. The summed E-state index contributed by atoms with van der Waals surface area (Å²) in [5, 5.41) is 23.1. The van der Waals surface area contributed by atoms with Crippen molar-refractivity contribution in [3.8, 4) is 0 Å². The number of nitrogens with zero attached hydrogens (tertiary/aromatic N) is 3. The van der Waals surface area contributed by atoms with Crippen molar-refractivity contribution >= 4 is 48.0 Å². The molecule has 36 heavy (non-hydrogen) atoms. The molecule has 12 nitrogen and oxygen atoms in total. The number of aliphatic hydroxyl groups excluding tert-OH is 1. The molecule has 4 aliphatic heterocycles. The van der Waals surface area contributed by atoms with Crippen molar-refractivity contribution in [2.45, 2.75) is 43.7 Å². The Kier molecular flexibility index (Phi) is 9.15. The van der Waals surface area contributed by atoms with E-state index in [-0.39, 0.29) is 59.8 Å². The lowest BCUT2D eigenvalue weighted by molar-refractivity contribution is -0.163. The normalized spacial score (nSPS) is 31.0. The summed E-state index contributed by atoms with van der Waals surface area (Å²) in [5.74, 6) is -2.24. The van der Waals surface area contributed by atoms with Crippen molar-refractivity contribution < 1.29 is 34.1 Å². The minimum atomic E-state index is -1.14. The second-order valence-electron chi connectivity index (χ2n) is 9.54. The van der Waals surface area contributed by atoms with Gasteiger partial charge in [0.1, 0.15) is 12.3 Å². The molecule has 0 spiro atoms. The highest BCUT2D eigenvalue weighted by molar-refractivity contribution is 8.03. The number of hydrogen-bond acceptors (Lipinski definition) is 9. The molecular formula is C22H34ClN5O7S. The topological polar surface area (TPSA) is 166 Å². The highest BCUT2D eigenvalue weighted by Gasteiger charge is 2.60. The number of nitrogens with two attached hydrogens (primary N) is 1. The summed E-state index contributed by atoms with van der Waals surface area (Å²) in [6.07, 6.45) is -1.06. The fourth-order valence-corrected chi connectivity index (χ4v) is 7.01. The van der Waals surface area contributed by atoms with Crippen LogP contribution in [0, 0.1) is 11.8 Å². The largest absolute Gasteiger partial charge is 0.477 e. The van der Waals surface area contributed by atoms with Crippen LogP contribution in [-0.2, 0) is 19.1 Å². The van der Waals surface area contributed by atoms with E-state index in [9.17, 15) is 29.4 Å². The number of aliphatic hydroxyl groups is 1. The Hall–Kier alpha value is -2.06. The highest BCUT2D eigenvalue weighted by Crippen LogP contribution is 2.51. The number of aliphatic carboxylic acids is 1. The number of carbonyl (C=O) groups is 4. The lowest BCUT2D eigenvalue weighted by Crippen LogP contribution is -2.63. The predicted molar refractivity (Wildman–Crippen MR) is 133 cm³/mol. The summed E-state index contributed by atoms with van der Waals surface area (Å²) >= 11 is 1.43. The van der Waals surface area contributed by atoms with Crippen LogP contribution >= 0.6 is 24.2 Å². The zero-order chi connectivity index (χ0) is 25.4. The Morgan fingerprint density at radius 3 is 2.50 bits per heavy atom. The summed E-state index contributed by atoms with van der Waals surface area (Å²) in [5.41, 5.74) is 4.99. The van der Waals surface area contributed by atoms with E-state index in [1.54, 1.807) is 6.92 Å². The number of carbonyl (C=O) groups excluding carboxylic acids is 3. The smallest absolute Gasteiger partial charge is 0.404 e. The van der Waals surface area contributed by atoms with Crippen LogP contribution in [0.25, 0.3) is 0 Å². The number of carboxylic acids is 1. The molecule has 0 aromatic carbocycles. The van der Waals surface area contributed by atoms with Gasteiger partial charge in [-0.2, -0.15) is 0 Å². The summed E-state index contributed by atoms with van der Waals surface area (Å²) in [6, 6.07) is -0.681. The number of rotatable bonds is 8. The number of halogens is 1. The van der Waals surface area contributed by atoms with Gasteiger partial charge in [0.2, 0.25) is 11.8 Å². The van der Waals surface area contributed by atoms with Crippen molar-refractivity contribution in [2.24, 2.45) is 17.6 Å². The van der Waals surface area contributed by atoms with Crippen molar-refractivity contribution in [3.63, 3.8) is 0 Å². The Balaban J connectivity index is 0.00000361. The second kappa shape index (κ2) is 11.5. The summed E-state index contributed by atoms with van der Waals surface area (Å²) in [6.45, 7) is 7.34. The number of piperazine rings is 1. The van der Waals surface area contributed by atoms with Crippen LogP contribution in [0.3, 0.4) is 0 Å². The van der Waals surface area contributed by atoms with Gasteiger partial charge >= 0.3 is 12.1 Å². The van der Waals surface area contributed by atoms with E-state index in [1.807, 2.05) is 11.8 Å². The monoisotopic (exact) mass is 547 g/mol. The summed E-state index contributed by atoms with van der Waals surface area (Å²) < 4.78 is 4.77. The van der Waals surface area contributed by atoms with Crippen molar-refractivity contribution in [3.05, 3.63) is 10.6 Å². The molecule has 202 valence electrons. The van der Waals surface area contributed by atoms with Gasteiger partial charge in [0.05, 0.1) is 24.1 Å². The van der Waals surface area contributed by atoms with Gasteiger partial charge < -0.3 is 35.8 Å². The molecule has 4 heterocycles. The molecular weight excluding hydrogens is 514 g/mol. The molecule has 0 aromatic heterocycles. The molecule has 0 radical (unpaired) electrons. The number of ether oxygens (including phenoxy) is 1. The Morgan fingerprint density at radius 2 is 1.92 bits per heavy atom. The zero-order valence-electron chi connectivity index (χ0n) is 20.3. The first-order valence-corrected chi connectivity index (χ1v) is 12.8. The van der Waals surface area contributed by atoms with Gasteiger partial charge in [-0.3, -0.25) is 14.5 Å². The Labute approximate surface area is 219 Å². The minimum Gasteiger partial charge on any atom is -0.477 e. The fraction of sp³-hybridized carbons (Fsp3) is 0.727. The molecule has 3 fully saturated rings. The molecule has 5 N–H and O–H groups in total. The average Bonchev–Trinajstić information content (AvgIpc) is 3.35. The van der Waals surface area contributed by atoms with E-state index in [2.05, 4.69) is 10.2 Å². The second-order valence-corrected chi connectivity index (χ2v) is 10.9. The Bertz CT molecular complexity index is 926. The molecule has 0 saturated carbocycles. The number of primary amides is 1. The predicted octanol–water partition coefficient (Wildman–Crippen LogP) is -0.735. The minimum absolute atomic E-state index is 0. The zero-order valence-corrected chi connectivity index (χ0v) is 21.9. The molecule has 3 saturated heterocycles. The summed E-state index contributed by atoms with van der Waals surface area (Å²) in [4.78, 5) is 54.2. The number of β-lactam (4-membered cyclic amide) rings is 1. The van der Waals surface area contributed by atoms with E-state index in [0.717, 1.165) is 0 Å². The third kappa shape index (κ3) is 5.44. The average molecular weight is 548 g/mol. The van der Waals surface area contributed by atoms with Crippen LogP contribution in [0.5, 0.6) is 0 Å². The van der Waals surface area contributed by atoms with Crippen LogP contribution in [-0.4, -0.2) is 118 Å². The third-order valence-corrected chi connectivity index (χ3v) is 8.84. The Morgan fingerprint density at radius 1 is 1.25 bits per heavy atom. The highest BCUT2D eigenvalue weighted by atomic mass is 35.5. The number of carboxylic acid groups (broad SMARTS) is 1. The van der Waals surface area contributed by atoms with E-state index in [1.165, 1.54) is 16.7 Å². The number of thioether (sulfide) groups is 1. The molecule has 0 unspecified atom stereocenters. The van der Waals surface area contributed by atoms with Crippen molar-refractivity contribution in [1.82, 2.24) is 20.0 Å². The molecule has 3 amide bonds. The van der Waals surface area contributed by atoms with Gasteiger partial charge in [-0.05, 0) is 13.3 Å². The standard InChI is InChI=1S/C22H33N5O7S.ClH/c1-11-16-15(12(2)28)20(30)27(16)17(21(31)32)18(11)35-13-9-14(24-10-13)19(29)26-5-3-25(4-6-26)7-8-34-22(23)33;/h11-16,24,28H,3-10H2,1-2H3,(H2,23,33)(H,31,32);1H/t11-,12-,13+,14+,15-,16-;/m1./s1. The van der Waals surface area contributed by atoms with E-state index in [4.69, 9.17) is 10.5 Å². The number of fused-ring (bicyclic) bond motifs is 1. The van der Waals surface area contributed by atoms with Gasteiger partial charge in [-0.25, -0.2) is 9.59 Å². The quantitative estimate of drug-likeness (QED) is 0.284. The maximum absolute atomic E-state index is 13.1. The molecule has 0 bridgehead atoms. The van der Waals surface area contributed by atoms with E-state index >= 15 is 0 Å². The van der Waals surface area contributed by atoms with Gasteiger partial charge in [-0.15, -0.1) is 24.2 Å². The van der Waals surface area contributed by atoms with Crippen molar-refractivity contribution in [1.29, 1.82) is 0 Å². The van der Waals surface area contributed by atoms with Gasteiger partial charge in [-0.1, -0.05) is 6.92 Å². The molecule has 4 rings (SSSR count). The van der Waals surface area contributed by atoms with Crippen LogP contribution < -0.4 is 11.1 Å². The number of amides is 3. The number of hydrogen-bond donors (Lipinski definition) is 4. The first kappa shape index (κ1) is 28.5. The van der Waals surface area contributed by atoms with Crippen LogP contribution in [0.4, 0.5) is 4.79 Å². The first-order chi connectivity index (χ1) is 16.6. The van der Waals surface area contributed by atoms with Gasteiger partial charge in [0, 0.05) is 55.3 Å². The SMILES string of the molecule is C[C@@H](O)[C@H]1C(=O)N2C(C(=O)O)=C(S[C@@H]3CN[C@H](C(=O)N4CCN(CCOC(N)=O)CC4)C3)[C@H](C)[C@H]12.Cl. The van der Waals surface area contributed by atoms with Gasteiger partial charge in [0.25, 0.3) is 0 Å². The molecule has 0 aromatic rings. The lowest BCUT2D eigenvalue weighted by Gasteiger charge is -2.46. The molecule has 0 aliphatic carbocycles. The maximum atomic E-state index is 13.1. The fourth-order valence-electron chi connectivity index (χ4n) is 5.53. The first-order valence-electron chi connectivity index (χ1n) is 11.9. The van der Waals surface area contributed by atoms with Gasteiger partial charge in [0.15, 0.2) is 0 Å². The maximum Gasteiger partial charge on any atom is 0.404 e. The van der Waals surface area contributed by atoms with Crippen LogP contribution in [0.2, 0.25) is 0 Å². The lowest BCUT2D eigenvalue weighted by atomic mass is 9.79. The molecule has 4 aliphatic rings. The van der Waals surface area contributed by atoms with Crippen LogP contribution in [0.15, 0.2) is 10.6 Å². The summed E-state index contributed by atoms with van der Waals surface area (Å²) in [7, 11) is 0. The molecule has 14 heteroatoms. The van der Waals surface area contributed by atoms with Crippen molar-refractivity contribution in [2.75, 3.05) is 45.9 Å². The van der Waals surface area contributed by atoms with E-state index in [0.29, 0.717) is 50.6 Å². The van der Waals surface area contributed by atoms with Crippen LogP contribution in [0.1, 0.15) is 20.3 Å². The molecule has 6 atom stereocenters. The number of nitrogens with one attached hydrogen (secondary N) is 1. The van der Waals surface area contributed by atoms with E-state index < -0.39 is 24.1 Å².